The zero-order chi connectivity index (χ0) is 30.3. The number of hydrogen-bond acceptors (Lipinski definition) is 5. The molecule has 0 spiro atoms. The maximum Gasteiger partial charge on any atom is 0.264 e. The van der Waals surface area contributed by atoms with Crippen LogP contribution in [0.5, 0.6) is 5.75 Å². The average Bonchev–Trinajstić information content (AvgIpc) is 2.95. The van der Waals surface area contributed by atoms with Crippen molar-refractivity contribution in [1.29, 1.82) is 0 Å². The maximum absolute atomic E-state index is 14.0. The van der Waals surface area contributed by atoms with Crippen molar-refractivity contribution in [3.05, 3.63) is 87.4 Å². The zero-order valence-electron chi connectivity index (χ0n) is 23.1. The highest BCUT2D eigenvalue weighted by molar-refractivity contribution is 7.92. The van der Waals surface area contributed by atoms with Gasteiger partial charge in [-0.1, -0.05) is 53.9 Å². The molecule has 1 N–H and O–H groups in total. The van der Waals surface area contributed by atoms with Crippen LogP contribution in [0.1, 0.15) is 32.8 Å². The second kappa shape index (κ2) is 14.3. The number of halogens is 3. The number of nitrogens with zero attached hydrogens (tertiary/aromatic N) is 2. The molecule has 0 saturated carbocycles. The Morgan fingerprint density at radius 2 is 1.63 bits per heavy atom. The molecule has 0 unspecified atom stereocenters. The second-order valence-corrected chi connectivity index (χ2v) is 12.5. The van der Waals surface area contributed by atoms with Gasteiger partial charge in [-0.2, -0.15) is 0 Å². The van der Waals surface area contributed by atoms with Crippen LogP contribution in [0.25, 0.3) is 0 Å². The van der Waals surface area contributed by atoms with E-state index in [2.05, 4.69) is 5.32 Å². The number of anilines is 1. The van der Waals surface area contributed by atoms with Crippen LogP contribution in [0.4, 0.5) is 5.69 Å². The predicted octanol–water partition coefficient (Wildman–Crippen LogP) is 6.18. The first-order valence-electron chi connectivity index (χ1n) is 12.8. The van der Waals surface area contributed by atoms with E-state index in [0.29, 0.717) is 27.8 Å². The lowest BCUT2D eigenvalue weighted by Crippen LogP contribution is -2.52. The normalized spacial score (nSPS) is 12.8. The fraction of sp³-hybridized carbons (Fsp3) is 0.310. The molecule has 0 aliphatic carbocycles. The molecule has 0 saturated heterocycles. The van der Waals surface area contributed by atoms with Crippen LogP contribution in [0.15, 0.2) is 71.6 Å². The summed E-state index contributed by atoms with van der Waals surface area (Å²) in [5, 5.41) is 3.81. The third kappa shape index (κ3) is 8.29. The summed E-state index contributed by atoms with van der Waals surface area (Å²) in [6, 6.07) is 15.9. The number of benzene rings is 3. The third-order valence-corrected chi connectivity index (χ3v) is 9.29. The Morgan fingerprint density at radius 1 is 0.951 bits per heavy atom. The first kappa shape index (κ1) is 32.5. The fourth-order valence-corrected chi connectivity index (χ4v) is 5.83. The minimum atomic E-state index is -4.25. The lowest BCUT2D eigenvalue weighted by Gasteiger charge is -2.32. The molecule has 0 heterocycles. The fourth-order valence-electron chi connectivity index (χ4n) is 3.92. The van der Waals surface area contributed by atoms with Crippen molar-refractivity contribution in [2.45, 2.75) is 50.7 Å². The Labute approximate surface area is 256 Å². The molecule has 0 aromatic heterocycles. The Balaban J connectivity index is 2.04. The van der Waals surface area contributed by atoms with Crippen LogP contribution in [0.3, 0.4) is 0 Å². The van der Waals surface area contributed by atoms with E-state index in [1.807, 2.05) is 13.8 Å². The molecular weight excluding hydrogens is 609 g/mol. The Morgan fingerprint density at radius 3 is 2.22 bits per heavy atom. The number of carbonyl (C=O) groups excluding carboxylic acids is 2. The number of methoxy groups -OCH3 is 1. The summed E-state index contributed by atoms with van der Waals surface area (Å²) < 4.78 is 33.9. The minimum Gasteiger partial charge on any atom is -0.497 e. The first-order chi connectivity index (χ1) is 19.4. The number of carbonyl (C=O) groups is 2. The van der Waals surface area contributed by atoms with Crippen LogP contribution < -0.4 is 14.4 Å². The van der Waals surface area contributed by atoms with Gasteiger partial charge < -0.3 is 15.0 Å². The van der Waals surface area contributed by atoms with E-state index in [4.69, 9.17) is 39.5 Å². The predicted molar refractivity (Wildman–Crippen MR) is 163 cm³/mol. The average molecular weight is 641 g/mol. The highest BCUT2D eigenvalue weighted by Gasteiger charge is 2.33. The van der Waals surface area contributed by atoms with Gasteiger partial charge in [0.15, 0.2) is 0 Å². The van der Waals surface area contributed by atoms with Gasteiger partial charge in [0.05, 0.1) is 27.7 Å². The molecule has 0 bridgehead atoms. The summed E-state index contributed by atoms with van der Waals surface area (Å²) in [5.74, 6) is -0.511. The van der Waals surface area contributed by atoms with Crippen LogP contribution in [-0.4, -0.2) is 50.9 Å². The van der Waals surface area contributed by atoms with Gasteiger partial charge in [0.25, 0.3) is 10.0 Å². The van der Waals surface area contributed by atoms with E-state index in [1.54, 1.807) is 43.3 Å². The summed E-state index contributed by atoms with van der Waals surface area (Å²) in [6.45, 7) is 4.77. The standard InChI is InChI=1S/C29H32Cl3N3O5S/c1-5-19(2)33-29(37)20(3)34(17-21-9-14-26(31)27(32)15-21)28(36)18-35(23-8-6-7-22(30)16-23)41(38,39)25-12-10-24(40-4)11-13-25/h6-16,19-20H,5,17-18H2,1-4H3,(H,33,37)/t19-,20+/m0/s1. The van der Waals surface area contributed by atoms with Crippen molar-refractivity contribution in [2.24, 2.45) is 0 Å². The Kier molecular flexibility index (Phi) is 11.3. The number of sulfonamides is 1. The van der Waals surface area contributed by atoms with Gasteiger partial charge in [-0.3, -0.25) is 13.9 Å². The van der Waals surface area contributed by atoms with Crippen LogP contribution in [0.2, 0.25) is 15.1 Å². The highest BCUT2D eigenvalue weighted by atomic mass is 35.5. The van der Waals surface area contributed by atoms with Gasteiger partial charge in [0, 0.05) is 17.6 Å². The molecule has 2 amide bonds. The molecule has 0 radical (unpaired) electrons. The molecule has 41 heavy (non-hydrogen) atoms. The van der Waals surface area contributed by atoms with Gasteiger partial charge in [0.2, 0.25) is 11.8 Å². The number of hydrogen-bond donors (Lipinski definition) is 1. The van der Waals surface area contributed by atoms with E-state index in [0.717, 1.165) is 4.31 Å². The SMILES string of the molecule is CC[C@H](C)NC(=O)[C@@H](C)N(Cc1ccc(Cl)c(Cl)c1)C(=O)CN(c1cccc(Cl)c1)S(=O)(=O)c1ccc(OC)cc1. The lowest BCUT2D eigenvalue weighted by atomic mass is 10.1. The summed E-state index contributed by atoms with van der Waals surface area (Å²) in [6.07, 6.45) is 0.696. The summed E-state index contributed by atoms with van der Waals surface area (Å²) in [7, 11) is -2.77. The van der Waals surface area contributed by atoms with Crippen molar-refractivity contribution < 1.29 is 22.7 Å². The Hall–Kier alpha value is -2.98. The van der Waals surface area contributed by atoms with Crippen molar-refractivity contribution in [1.82, 2.24) is 10.2 Å². The van der Waals surface area contributed by atoms with Crippen molar-refractivity contribution >= 4 is 62.3 Å². The highest BCUT2D eigenvalue weighted by Crippen LogP contribution is 2.28. The molecule has 0 aliphatic heterocycles. The molecule has 0 aliphatic rings. The van der Waals surface area contributed by atoms with Gasteiger partial charge >= 0.3 is 0 Å². The molecule has 8 nitrogen and oxygen atoms in total. The molecule has 12 heteroatoms. The molecule has 3 aromatic rings. The smallest absolute Gasteiger partial charge is 0.264 e. The number of ether oxygens (including phenoxy) is 1. The van der Waals surface area contributed by atoms with Gasteiger partial charge in [-0.15, -0.1) is 0 Å². The maximum atomic E-state index is 14.0. The third-order valence-electron chi connectivity index (χ3n) is 6.53. The van der Waals surface area contributed by atoms with Gasteiger partial charge in [-0.05, 0) is 80.4 Å². The summed E-state index contributed by atoms with van der Waals surface area (Å²) in [5.41, 5.74) is 0.802. The lowest BCUT2D eigenvalue weighted by molar-refractivity contribution is -0.139. The Bertz CT molecular complexity index is 1490. The second-order valence-electron chi connectivity index (χ2n) is 9.43. The molecule has 3 rings (SSSR count). The van der Waals surface area contributed by atoms with E-state index in [9.17, 15) is 18.0 Å². The molecular formula is C29H32Cl3N3O5S. The van der Waals surface area contributed by atoms with Crippen molar-refractivity contribution in [3.63, 3.8) is 0 Å². The monoisotopic (exact) mass is 639 g/mol. The minimum absolute atomic E-state index is 0.0171. The van der Waals surface area contributed by atoms with E-state index < -0.39 is 28.5 Å². The number of rotatable bonds is 12. The van der Waals surface area contributed by atoms with Gasteiger partial charge in [-0.25, -0.2) is 8.42 Å². The molecule has 2 atom stereocenters. The summed E-state index contributed by atoms with van der Waals surface area (Å²) in [4.78, 5) is 28.4. The molecule has 3 aromatic carbocycles. The molecule has 0 fully saturated rings. The van der Waals surface area contributed by atoms with Crippen LogP contribution in [0, 0.1) is 0 Å². The number of amides is 2. The van der Waals surface area contributed by atoms with Gasteiger partial charge in [0.1, 0.15) is 18.3 Å². The summed E-state index contributed by atoms with van der Waals surface area (Å²) >= 11 is 18.5. The topological polar surface area (TPSA) is 96.0 Å². The van der Waals surface area contributed by atoms with E-state index in [1.165, 1.54) is 42.3 Å². The van der Waals surface area contributed by atoms with Crippen LogP contribution in [-0.2, 0) is 26.2 Å². The number of nitrogens with one attached hydrogen (secondary N) is 1. The van der Waals surface area contributed by atoms with Crippen molar-refractivity contribution in [2.75, 3.05) is 18.0 Å². The quantitative estimate of drug-likeness (QED) is 0.255. The van der Waals surface area contributed by atoms with Crippen LogP contribution >= 0.6 is 34.8 Å². The first-order valence-corrected chi connectivity index (χ1v) is 15.4. The van der Waals surface area contributed by atoms with Crippen molar-refractivity contribution in [3.8, 4) is 5.75 Å². The largest absolute Gasteiger partial charge is 0.497 e. The van der Waals surface area contributed by atoms with E-state index in [-0.39, 0.29) is 34.1 Å². The zero-order valence-corrected chi connectivity index (χ0v) is 26.2. The molecule has 220 valence electrons. The van der Waals surface area contributed by atoms with E-state index >= 15 is 0 Å².